The second kappa shape index (κ2) is 5.50. The molecule has 0 radical (unpaired) electrons. The molecule has 0 heterocycles. The molecule has 2 unspecified atom stereocenters. The van der Waals surface area contributed by atoms with Crippen molar-refractivity contribution in [2.75, 3.05) is 27.6 Å². The maximum Gasteiger partial charge on any atom is 0.309 e. The number of ether oxygens (including phenoxy) is 3. The molecule has 18 heavy (non-hydrogen) atoms. The largest absolute Gasteiger partial charge is 0.469 e. The average molecular weight is 250 g/mol. The van der Waals surface area contributed by atoms with Crippen LogP contribution in [0, 0.1) is 5.92 Å². The number of hydrogen-bond acceptors (Lipinski definition) is 4. The van der Waals surface area contributed by atoms with Gasteiger partial charge in [0.2, 0.25) is 0 Å². The Bertz CT molecular complexity index is 404. The lowest BCUT2D eigenvalue weighted by Gasteiger charge is -2.17. The van der Waals surface area contributed by atoms with Gasteiger partial charge in [-0.15, -0.1) is 0 Å². The van der Waals surface area contributed by atoms with Crippen molar-refractivity contribution in [2.45, 2.75) is 11.8 Å². The highest BCUT2D eigenvalue weighted by Crippen LogP contribution is 2.55. The topological polar surface area (TPSA) is 44.8 Å². The Hall–Kier alpha value is -1.39. The van der Waals surface area contributed by atoms with E-state index in [4.69, 9.17) is 14.2 Å². The van der Waals surface area contributed by atoms with Crippen LogP contribution in [0.4, 0.5) is 0 Å². The number of methoxy groups -OCH3 is 2. The molecule has 0 saturated heterocycles. The first-order valence-corrected chi connectivity index (χ1v) is 5.94. The van der Waals surface area contributed by atoms with E-state index in [1.165, 1.54) is 7.11 Å². The van der Waals surface area contributed by atoms with Gasteiger partial charge in [-0.3, -0.25) is 4.79 Å². The van der Waals surface area contributed by atoms with Crippen LogP contribution >= 0.6 is 0 Å². The van der Waals surface area contributed by atoms with Crippen LogP contribution in [0.2, 0.25) is 0 Å². The summed E-state index contributed by atoms with van der Waals surface area (Å²) in [6.07, 6.45) is 0.771. The predicted molar refractivity (Wildman–Crippen MR) is 66.1 cm³/mol. The van der Waals surface area contributed by atoms with Gasteiger partial charge in [0, 0.05) is 12.5 Å². The van der Waals surface area contributed by atoms with Crippen LogP contribution < -0.4 is 0 Å². The van der Waals surface area contributed by atoms with Crippen molar-refractivity contribution in [3.05, 3.63) is 35.9 Å². The summed E-state index contributed by atoms with van der Waals surface area (Å²) >= 11 is 0. The minimum Gasteiger partial charge on any atom is -0.469 e. The summed E-state index contributed by atoms with van der Waals surface area (Å²) in [6.45, 7) is 0.715. The molecule has 4 nitrogen and oxygen atoms in total. The highest BCUT2D eigenvalue weighted by Gasteiger charge is 2.60. The molecule has 1 fully saturated rings. The van der Waals surface area contributed by atoms with E-state index in [0.29, 0.717) is 6.61 Å². The number of benzene rings is 1. The van der Waals surface area contributed by atoms with E-state index >= 15 is 0 Å². The summed E-state index contributed by atoms with van der Waals surface area (Å²) < 4.78 is 15.2. The minimum absolute atomic E-state index is 0.109. The SMILES string of the molecule is COCOCC1(c2ccccc2)CC1C(=O)OC. The van der Waals surface area contributed by atoms with Crippen molar-refractivity contribution in [3.8, 4) is 0 Å². The van der Waals surface area contributed by atoms with Crippen LogP contribution in [0.1, 0.15) is 12.0 Å². The zero-order chi connectivity index (χ0) is 13.0. The molecule has 1 aromatic rings. The summed E-state index contributed by atoms with van der Waals surface area (Å²) in [7, 11) is 3.01. The monoisotopic (exact) mass is 250 g/mol. The fraction of sp³-hybridized carbons (Fsp3) is 0.500. The Balaban J connectivity index is 2.13. The second-order valence-corrected chi connectivity index (χ2v) is 4.56. The van der Waals surface area contributed by atoms with E-state index < -0.39 is 0 Å². The van der Waals surface area contributed by atoms with Crippen LogP contribution in [0.3, 0.4) is 0 Å². The number of rotatable bonds is 6. The lowest BCUT2D eigenvalue weighted by atomic mass is 9.94. The Morgan fingerprint density at radius 3 is 2.67 bits per heavy atom. The Morgan fingerprint density at radius 2 is 2.06 bits per heavy atom. The van der Waals surface area contributed by atoms with Crippen molar-refractivity contribution >= 4 is 5.97 Å². The molecule has 0 amide bonds. The van der Waals surface area contributed by atoms with Crippen molar-refractivity contribution in [1.82, 2.24) is 0 Å². The molecule has 0 N–H and O–H groups in total. The van der Waals surface area contributed by atoms with Crippen molar-refractivity contribution in [1.29, 1.82) is 0 Å². The van der Waals surface area contributed by atoms with Gasteiger partial charge in [-0.05, 0) is 12.0 Å². The predicted octanol–water partition coefficient (Wildman–Crippen LogP) is 1.74. The van der Waals surface area contributed by atoms with Crippen LogP contribution in [0.5, 0.6) is 0 Å². The summed E-state index contributed by atoms with van der Waals surface area (Å²) in [5.74, 6) is -0.276. The second-order valence-electron chi connectivity index (χ2n) is 4.56. The van der Waals surface area contributed by atoms with E-state index in [0.717, 1.165) is 12.0 Å². The molecule has 0 spiro atoms. The van der Waals surface area contributed by atoms with Crippen LogP contribution in [-0.2, 0) is 24.4 Å². The van der Waals surface area contributed by atoms with Gasteiger partial charge in [-0.2, -0.15) is 0 Å². The van der Waals surface area contributed by atoms with E-state index in [2.05, 4.69) is 0 Å². The minimum atomic E-state index is -0.243. The molecular weight excluding hydrogens is 232 g/mol. The Labute approximate surface area is 107 Å². The van der Waals surface area contributed by atoms with Gasteiger partial charge < -0.3 is 14.2 Å². The Kier molecular flexibility index (Phi) is 3.99. The molecule has 2 rings (SSSR count). The number of carbonyl (C=O) groups is 1. The molecule has 4 heteroatoms. The first kappa shape index (κ1) is 13.1. The molecule has 1 aromatic carbocycles. The zero-order valence-electron chi connectivity index (χ0n) is 10.7. The first-order valence-electron chi connectivity index (χ1n) is 5.94. The molecule has 1 aliphatic rings. The van der Waals surface area contributed by atoms with E-state index in [-0.39, 0.29) is 24.1 Å². The standard InChI is InChI=1S/C14H18O4/c1-16-10-18-9-14(8-12(14)13(15)17-2)11-6-4-3-5-7-11/h3-7,12H,8-10H2,1-2H3. The van der Waals surface area contributed by atoms with Gasteiger partial charge >= 0.3 is 5.97 Å². The normalized spacial score (nSPS) is 25.8. The zero-order valence-corrected chi connectivity index (χ0v) is 10.7. The average Bonchev–Trinajstić information content (AvgIpc) is 3.15. The lowest BCUT2D eigenvalue weighted by Crippen LogP contribution is -2.23. The molecule has 0 aliphatic heterocycles. The molecule has 1 aliphatic carbocycles. The highest BCUT2D eigenvalue weighted by atomic mass is 16.7. The first-order chi connectivity index (χ1) is 8.74. The number of carbonyl (C=O) groups excluding carboxylic acids is 1. The highest BCUT2D eigenvalue weighted by molar-refractivity contribution is 5.79. The molecule has 0 bridgehead atoms. The maximum absolute atomic E-state index is 11.7. The van der Waals surface area contributed by atoms with E-state index in [9.17, 15) is 4.79 Å². The quantitative estimate of drug-likeness (QED) is 0.438. The summed E-state index contributed by atoms with van der Waals surface area (Å²) in [6, 6.07) is 9.96. The molecule has 98 valence electrons. The van der Waals surface area contributed by atoms with Gasteiger partial charge in [0.25, 0.3) is 0 Å². The summed E-state index contributed by atoms with van der Waals surface area (Å²) in [5, 5.41) is 0. The molecular formula is C14H18O4. The van der Waals surface area contributed by atoms with Gasteiger partial charge in [0.1, 0.15) is 6.79 Å². The lowest BCUT2D eigenvalue weighted by molar-refractivity contribution is -0.143. The van der Waals surface area contributed by atoms with Crippen LogP contribution in [0.15, 0.2) is 30.3 Å². The fourth-order valence-corrected chi connectivity index (χ4v) is 2.40. The molecule has 2 atom stereocenters. The molecule has 1 saturated carbocycles. The summed E-state index contributed by atoms with van der Waals surface area (Å²) in [5.41, 5.74) is 0.879. The third-order valence-corrected chi connectivity index (χ3v) is 3.47. The number of esters is 1. The number of hydrogen-bond donors (Lipinski definition) is 0. The Morgan fingerprint density at radius 1 is 1.33 bits per heavy atom. The maximum atomic E-state index is 11.7. The van der Waals surface area contributed by atoms with E-state index in [1.807, 2.05) is 30.3 Å². The van der Waals surface area contributed by atoms with Gasteiger partial charge in [-0.1, -0.05) is 30.3 Å². The fourth-order valence-electron chi connectivity index (χ4n) is 2.40. The van der Waals surface area contributed by atoms with Crippen LogP contribution in [0.25, 0.3) is 0 Å². The third kappa shape index (κ3) is 2.40. The smallest absolute Gasteiger partial charge is 0.309 e. The van der Waals surface area contributed by atoms with Crippen molar-refractivity contribution in [3.63, 3.8) is 0 Å². The third-order valence-electron chi connectivity index (χ3n) is 3.47. The van der Waals surface area contributed by atoms with Crippen LogP contribution in [-0.4, -0.2) is 33.6 Å². The van der Waals surface area contributed by atoms with Crippen molar-refractivity contribution in [2.24, 2.45) is 5.92 Å². The molecule has 0 aromatic heterocycles. The van der Waals surface area contributed by atoms with Gasteiger partial charge in [0.05, 0.1) is 19.6 Å². The van der Waals surface area contributed by atoms with Gasteiger partial charge in [0.15, 0.2) is 0 Å². The summed E-state index contributed by atoms with van der Waals surface area (Å²) in [4.78, 5) is 11.7. The van der Waals surface area contributed by atoms with Gasteiger partial charge in [-0.25, -0.2) is 0 Å². The van der Waals surface area contributed by atoms with Crippen molar-refractivity contribution < 1.29 is 19.0 Å². The van der Waals surface area contributed by atoms with E-state index in [1.54, 1.807) is 7.11 Å².